The Morgan fingerprint density at radius 2 is 2.00 bits per heavy atom. The van der Waals surface area contributed by atoms with Gasteiger partial charge in [0.15, 0.2) is 0 Å². The van der Waals surface area contributed by atoms with Crippen molar-refractivity contribution in [2.24, 2.45) is 23.0 Å². The van der Waals surface area contributed by atoms with E-state index in [-0.39, 0.29) is 5.41 Å². The smallest absolute Gasteiger partial charge is 0.0727 e. The predicted molar refractivity (Wildman–Crippen MR) is 80.0 cm³/mol. The summed E-state index contributed by atoms with van der Waals surface area (Å²) in [6.45, 7) is 7.02. The number of nitrogens with two attached hydrogens (primary N) is 1. The van der Waals surface area contributed by atoms with Gasteiger partial charge in [0.25, 0.3) is 0 Å². The van der Waals surface area contributed by atoms with Crippen molar-refractivity contribution in [1.82, 2.24) is 5.32 Å². The van der Waals surface area contributed by atoms with Gasteiger partial charge < -0.3 is 16.2 Å². The van der Waals surface area contributed by atoms with Crippen LogP contribution in [0.4, 0.5) is 0 Å². The van der Waals surface area contributed by atoms with Crippen LogP contribution in [0.1, 0.15) is 58.8 Å². The van der Waals surface area contributed by atoms with Gasteiger partial charge in [0.1, 0.15) is 0 Å². The molecule has 0 aromatic carbocycles. The molecule has 0 amide bonds. The molecule has 4 N–H and O–H groups in total. The fourth-order valence-corrected chi connectivity index (χ4v) is 4.32. The van der Waals surface area contributed by atoms with Crippen LogP contribution >= 0.6 is 0 Å². The summed E-state index contributed by atoms with van der Waals surface area (Å²) in [4.78, 5) is 0. The second-order valence-electron chi connectivity index (χ2n) is 7.03. The third-order valence-corrected chi connectivity index (χ3v) is 6.20. The van der Waals surface area contributed by atoms with Crippen molar-refractivity contribution >= 4 is 0 Å². The fraction of sp³-hybridized carbons (Fsp3) is 1.00. The van der Waals surface area contributed by atoms with Crippen LogP contribution in [0.25, 0.3) is 0 Å². The summed E-state index contributed by atoms with van der Waals surface area (Å²) in [5.74, 6) is 1.21. The maximum absolute atomic E-state index is 11.3. The Balaban J connectivity index is 2.10. The summed E-state index contributed by atoms with van der Waals surface area (Å²) < 4.78 is 0. The molecule has 2 unspecified atom stereocenters. The largest absolute Gasteiger partial charge is 0.389 e. The second-order valence-corrected chi connectivity index (χ2v) is 7.03. The van der Waals surface area contributed by atoms with E-state index < -0.39 is 5.60 Å². The average molecular weight is 268 g/mol. The molecule has 3 heteroatoms. The van der Waals surface area contributed by atoms with Gasteiger partial charge in [-0.05, 0) is 57.9 Å². The molecule has 1 aliphatic heterocycles. The van der Waals surface area contributed by atoms with E-state index in [0.29, 0.717) is 12.5 Å². The normalized spacial score (nSPS) is 39.8. The van der Waals surface area contributed by atoms with E-state index in [0.717, 1.165) is 38.3 Å². The third-order valence-electron chi connectivity index (χ3n) is 6.20. The maximum atomic E-state index is 11.3. The molecule has 0 spiro atoms. The molecule has 0 aromatic heterocycles. The maximum Gasteiger partial charge on any atom is 0.0727 e. The molecule has 0 aromatic rings. The zero-order valence-corrected chi connectivity index (χ0v) is 12.8. The van der Waals surface area contributed by atoms with Crippen molar-refractivity contribution in [3.63, 3.8) is 0 Å². The lowest BCUT2D eigenvalue weighted by atomic mass is 9.57. The Morgan fingerprint density at radius 3 is 2.47 bits per heavy atom. The SMILES string of the molecule is CCC1CCC(CN)(C(C)(O)C2CCCNC2)CC1. The predicted octanol–water partition coefficient (Wildman–Crippen LogP) is 2.28. The molecule has 1 saturated heterocycles. The van der Waals surface area contributed by atoms with E-state index in [1.54, 1.807) is 0 Å². The van der Waals surface area contributed by atoms with Crippen molar-refractivity contribution in [2.75, 3.05) is 19.6 Å². The molecule has 19 heavy (non-hydrogen) atoms. The Labute approximate surface area is 118 Å². The highest BCUT2D eigenvalue weighted by molar-refractivity contribution is 5.03. The molecule has 2 fully saturated rings. The molecule has 3 nitrogen and oxygen atoms in total. The van der Waals surface area contributed by atoms with Gasteiger partial charge in [0.2, 0.25) is 0 Å². The van der Waals surface area contributed by atoms with E-state index in [1.165, 1.54) is 25.7 Å². The number of hydrogen-bond acceptors (Lipinski definition) is 3. The van der Waals surface area contributed by atoms with E-state index in [4.69, 9.17) is 5.73 Å². The third kappa shape index (κ3) is 2.84. The summed E-state index contributed by atoms with van der Waals surface area (Å²) in [5.41, 5.74) is 5.47. The lowest BCUT2D eigenvalue weighted by Gasteiger charge is -2.53. The van der Waals surface area contributed by atoms with Gasteiger partial charge in [0.05, 0.1) is 5.60 Å². The number of piperidine rings is 1. The number of rotatable bonds is 4. The number of nitrogens with one attached hydrogen (secondary N) is 1. The highest BCUT2D eigenvalue weighted by Gasteiger charge is 2.51. The molecule has 0 radical (unpaired) electrons. The quantitative estimate of drug-likeness (QED) is 0.733. The highest BCUT2D eigenvalue weighted by atomic mass is 16.3. The molecule has 1 saturated carbocycles. The van der Waals surface area contributed by atoms with E-state index >= 15 is 0 Å². The van der Waals surface area contributed by atoms with E-state index in [2.05, 4.69) is 19.2 Å². The van der Waals surface area contributed by atoms with Crippen LogP contribution < -0.4 is 11.1 Å². The molecule has 2 rings (SSSR count). The van der Waals surface area contributed by atoms with Crippen LogP contribution in [0.15, 0.2) is 0 Å². The minimum absolute atomic E-state index is 0.0532. The molecular formula is C16H32N2O. The zero-order valence-electron chi connectivity index (χ0n) is 12.8. The van der Waals surface area contributed by atoms with Gasteiger partial charge in [-0.25, -0.2) is 0 Å². The van der Waals surface area contributed by atoms with Crippen molar-refractivity contribution in [1.29, 1.82) is 0 Å². The second kappa shape index (κ2) is 6.11. The van der Waals surface area contributed by atoms with E-state index in [1.807, 2.05) is 0 Å². The van der Waals surface area contributed by atoms with Gasteiger partial charge in [-0.3, -0.25) is 0 Å². The Hall–Kier alpha value is -0.120. The molecule has 0 bridgehead atoms. The van der Waals surface area contributed by atoms with Gasteiger partial charge >= 0.3 is 0 Å². The Morgan fingerprint density at radius 1 is 1.32 bits per heavy atom. The summed E-state index contributed by atoms with van der Waals surface area (Å²) >= 11 is 0. The number of aliphatic hydroxyl groups is 1. The van der Waals surface area contributed by atoms with Gasteiger partial charge in [0, 0.05) is 24.4 Å². The average Bonchev–Trinajstić information content (AvgIpc) is 2.48. The van der Waals surface area contributed by atoms with E-state index in [9.17, 15) is 5.11 Å². The van der Waals surface area contributed by atoms with Gasteiger partial charge in [-0.2, -0.15) is 0 Å². The summed E-state index contributed by atoms with van der Waals surface area (Å²) in [7, 11) is 0. The molecule has 2 atom stereocenters. The molecule has 1 heterocycles. The summed E-state index contributed by atoms with van der Waals surface area (Å²) in [5, 5.41) is 14.7. The van der Waals surface area contributed by atoms with Crippen molar-refractivity contribution < 1.29 is 5.11 Å². The first kappa shape index (κ1) is 15.3. The first-order valence-electron chi connectivity index (χ1n) is 8.19. The first-order chi connectivity index (χ1) is 9.05. The van der Waals surface area contributed by atoms with Crippen LogP contribution in [0, 0.1) is 17.3 Å². The van der Waals surface area contributed by atoms with Crippen LogP contribution in [0.3, 0.4) is 0 Å². The zero-order chi connectivity index (χ0) is 13.9. The molecule has 2 aliphatic rings. The molecule has 112 valence electrons. The fourth-order valence-electron chi connectivity index (χ4n) is 4.32. The Bertz CT molecular complexity index is 276. The molecule has 1 aliphatic carbocycles. The van der Waals surface area contributed by atoms with Crippen molar-refractivity contribution in [2.45, 2.75) is 64.4 Å². The van der Waals surface area contributed by atoms with Crippen LogP contribution in [-0.4, -0.2) is 30.3 Å². The molecular weight excluding hydrogens is 236 g/mol. The first-order valence-corrected chi connectivity index (χ1v) is 8.19. The lowest BCUT2D eigenvalue weighted by molar-refractivity contribution is -0.134. The van der Waals surface area contributed by atoms with Gasteiger partial charge in [-0.15, -0.1) is 0 Å². The topological polar surface area (TPSA) is 58.3 Å². The van der Waals surface area contributed by atoms with Gasteiger partial charge in [-0.1, -0.05) is 13.3 Å². The van der Waals surface area contributed by atoms with Crippen molar-refractivity contribution in [3.8, 4) is 0 Å². The minimum Gasteiger partial charge on any atom is -0.389 e. The van der Waals surface area contributed by atoms with Crippen LogP contribution in [0.5, 0.6) is 0 Å². The number of hydrogen-bond donors (Lipinski definition) is 3. The summed E-state index contributed by atoms with van der Waals surface area (Å²) in [6.07, 6.45) is 8.27. The van der Waals surface area contributed by atoms with Crippen molar-refractivity contribution in [3.05, 3.63) is 0 Å². The van der Waals surface area contributed by atoms with Crippen LogP contribution in [0.2, 0.25) is 0 Å². The lowest BCUT2D eigenvalue weighted by Crippen LogP contribution is -2.59. The van der Waals surface area contributed by atoms with Crippen LogP contribution in [-0.2, 0) is 0 Å². The highest BCUT2D eigenvalue weighted by Crippen LogP contribution is 2.50. The minimum atomic E-state index is -0.617. The standard InChI is InChI=1S/C16H32N2O/c1-3-13-6-8-16(12-17,9-7-13)15(2,19)14-5-4-10-18-11-14/h13-14,18-19H,3-12,17H2,1-2H3. The summed E-state index contributed by atoms with van der Waals surface area (Å²) in [6, 6.07) is 0. The monoisotopic (exact) mass is 268 g/mol. The Kier molecular flexibility index (Phi) is 4.91.